The molecule has 134 valence electrons. The normalized spacial score (nSPS) is 17.7. The summed E-state index contributed by atoms with van der Waals surface area (Å²) in [6.07, 6.45) is 5.82. The molecule has 1 aliphatic rings. The Morgan fingerprint density at radius 1 is 1.25 bits per heavy atom. The highest BCUT2D eigenvalue weighted by Crippen LogP contribution is 2.26. The number of carbonyl (C=O) groups is 1. The molecule has 0 radical (unpaired) electrons. The van der Waals surface area contributed by atoms with E-state index in [-0.39, 0.29) is 5.91 Å². The molecular formula is C20H31NO3. The Morgan fingerprint density at radius 2 is 1.88 bits per heavy atom. The minimum absolute atomic E-state index is 0.0949. The van der Waals surface area contributed by atoms with Crippen LogP contribution in [0.15, 0.2) is 24.3 Å². The van der Waals surface area contributed by atoms with E-state index in [1.165, 1.54) is 12.8 Å². The average molecular weight is 333 g/mol. The molecule has 4 nitrogen and oxygen atoms in total. The van der Waals surface area contributed by atoms with Crippen LogP contribution < -0.4 is 10.1 Å². The molecule has 0 bridgehead atoms. The molecule has 0 unspecified atom stereocenters. The molecule has 1 N–H and O–H groups in total. The minimum Gasteiger partial charge on any atom is -0.490 e. The number of rotatable bonds is 8. The lowest BCUT2D eigenvalue weighted by Gasteiger charge is -2.29. The molecule has 1 aromatic carbocycles. The van der Waals surface area contributed by atoms with Crippen molar-refractivity contribution in [3.63, 3.8) is 0 Å². The van der Waals surface area contributed by atoms with Gasteiger partial charge in [-0.1, -0.05) is 13.8 Å². The van der Waals surface area contributed by atoms with E-state index in [2.05, 4.69) is 19.2 Å². The lowest BCUT2D eigenvalue weighted by molar-refractivity contribution is -0.140. The van der Waals surface area contributed by atoms with Gasteiger partial charge in [-0.15, -0.1) is 0 Å². The summed E-state index contributed by atoms with van der Waals surface area (Å²) in [4.78, 5) is 12.7. The molecule has 2 rings (SSSR count). The van der Waals surface area contributed by atoms with Crippen molar-refractivity contribution < 1.29 is 14.3 Å². The Hall–Kier alpha value is -1.55. The zero-order valence-corrected chi connectivity index (χ0v) is 15.4. The van der Waals surface area contributed by atoms with Crippen LogP contribution in [0.1, 0.15) is 59.8 Å². The quantitative estimate of drug-likeness (QED) is 0.744. The van der Waals surface area contributed by atoms with E-state index in [0.29, 0.717) is 25.0 Å². The average Bonchev–Trinajstić information content (AvgIpc) is 3.01. The van der Waals surface area contributed by atoms with E-state index >= 15 is 0 Å². The second kappa shape index (κ2) is 8.52. The van der Waals surface area contributed by atoms with E-state index < -0.39 is 5.60 Å². The van der Waals surface area contributed by atoms with Crippen molar-refractivity contribution in [1.82, 2.24) is 0 Å². The van der Waals surface area contributed by atoms with Crippen molar-refractivity contribution in [3.8, 4) is 5.75 Å². The first kappa shape index (κ1) is 18.8. The van der Waals surface area contributed by atoms with Gasteiger partial charge in [0.05, 0.1) is 6.10 Å². The minimum atomic E-state index is -0.804. The second-order valence-corrected chi connectivity index (χ2v) is 7.26. The molecule has 1 amide bonds. The van der Waals surface area contributed by atoms with Crippen LogP contribution in [0, 0.1) is 5.92 Å². The molecule has 0 saturated heterocycles. The summed E-state index contributed by atoms with van der Waals surface area (Å²) in [5, 5.41) is 2.97. The summed E-state index contributed by atoms with van der Waals surface area (Å²) >= 11 is 0. The van der Waals surface area contributed by atoms with E-state index in [0.717, 1.165) is 24.3 Å². The number of hydrogen-bond donors (Lipinski definition) is 1. The second-order valence-electron chi connectivity index (χ2n) is 7.26. The highest BCUT2D eigenvalue weighted by atomic mass is 16.5. The zero-order chi connectivity index (χ0) is 17.6. The maximum atomic E-state index is 12.7. The van der Waals surface area contributed by atoms with Crippen LogP contribution in [0.25, 0.3) is 0 Å². The largest absolute Gasteiger partial charge is 0.490 e. The molecular weight excluding hydrogens is 302 g/mol. The number of nitrogens with one attached hydrogen (secondary N) is 1. The number of hydrogen-bond acceptors (Lipinski definition) is 3. The Bertz CT molecular complexity index is 520. The molecule has 24 heavy (non-hydrogen) atoms. The lowest BCUT2D eigenvalue weighted by Crippen LogP contribution is -2.43. The standard InChI is InChI=1S/C20H31NO3/c1-5-23-20(4,14-15(2)3)19(22)21-16-10-12-18(13-11-16)24-17-8-6-7-9-17/h10-13,15,17H,5-9,14H2,1-4H3,(H,21,22)/t20-/m1/s1. The molecule has 4 heteroatoms. The van der Waals surface area contributed by atoms with Crippen molar-refractivity contribution in [2.45, 2.75) is 71.5 Å². The van der Waals surface area contributed by atoms with Crippen molar-refractivity contribution >= 4 is 11.6 Å². The van der Waals surface area contributed by atoms with Crippen LogP contribution in [-0.4, -0.2) is 24.2 Å². The van der Waals surface area contributed by atoms with Gasteiger partial charge in [0.15, 0.2) is 0 Å². The molecule has 0 aromatic heterocycles. The topological polar surface area (TPSA) is 47.6 Å². The highest BCUT2D eigenvalue weighted by molar-refractivity contribution is 5.97. The Morgan fingerprint density at radius 3 is 2.42 bits per heavy atom. The molecule has 1 fully saturated rings. The van der Waals surface area contributed by atoms with Crippen molar-refractivity contribution in [1.29, 1.82) is 0 Å². The molecule has 1 aromatic rings. The van der Waals surface area contributed by atoms with Gasteiger partial charge < -0.3 is 14.8 Å². The Balaban J connectivity index is 1.96. The first-order valence-electron chi connectivity index (χ1n) is 9.15. The Kier molecular flexibility index (Phi) is 6.67. The van der Waals surface area contributed by atoms with Gasteiger partial charge in [-0.05, 0) is 76.1 Å². The first-order valence-corrected chi connectivity index (χ1v) is 9.15. The van der Waals surface area contributed by atoms with E-state index in [1.54, 1.807) is 0 Å². The van der Waals surface area contributed by atoms with E-state index in [9.17, 15) is 4.79 Å². The van der Waals surface area contributed by atoms with Gasteiger partial charge in [0, 0.05) is 12.3 Å². The molecule has 0 spiro atoms. The summed E-state index contributed by atoms with van der Waals surface area (Å²) < 4.78 is 11.7. The van der Waals surface area contributed by atoms with Crippen LogP contribution in [-0.2, 0) is 9.53 Å². The van der Waals surface area contributed by atoms with Crippen molar-refractivity contribution in [3.05, 3.63) is 24.3 Å². The maximum Gasteiger partial charge on any atom is 0.256 e. The fourth-order valence-corrected chi connectivity index (χ4v) is 3.39. The fourth-order valence-electron chi connectivity index (χ4n) is 3.39. The van der Waals surface area contributed by atoms with Crippen molar-refractivity contribution in [2.75, 3.05) is 11.9 Å². The summed E-state index contributed by atoms with van der Waals surface area (Å²) in [5.74, 6) is 1.16. The highest BCUT2D eigenvalue weighted by Gasteiger charge is 2.34. The zero-order valence-electron chi connectivity index (χ0n) is 15.4. The van der Waals surface area contributed by atoms with Crippen LogP contribution in [0.4, 0.5) is 5.69 Å². The van der Waals surface area contributed by atoms with Gasteiger partial charge in [0.2, 0.25) is 0 Å². The summed E-state index contributed by atoms with van der Waals surface area (Å²) in [5.41, 5.74) is -0.0319. The monoisotopic (exact) mass is 333 g/mol. The molecule has 1 aliphatic carbocycles. The van der Waals surface area contributed by atoms with Crippen LogP contribution in [0.2, 0.25) is 0 Å². The molecule has 0 heterocycles. The lowest BCUT2D eigenvalue weighted by atomic mass is 9.93. The van der Waals surface area contributed by atoms with Gasteiger partial charge in [-0.3, -0.25) is 4.79 Å². The number of benzene rings is 1. The predicted octanol–water partition coefficient (Wildman–Crippen LogP) is 4.79. The summed E-state index contributed by atoms with van der Waals surface area (Å²) in [6.45, 7) is 8.49. The number of carbonyl (C=O) groups excluding carboxylic acids is 1. The van der Waals surface area contributed by atoms with Gasteiger partial charge in [0.1, 0.15) is 11.4 Å². The first-order chi connectivity index (χ1) is 11.4. The fraction of sp³-hybridized carbons (Fsp3) is 0.650. The smallest absolute Gasteiger partial charge is 0.256 e. The summed E-state index contributed by atoms with van der Waals surface area (Å²) in [7, 11) is 0. The van der Waals surface area contributed by atoms with Crippen molar-refractivity contribution in [2.24, 2.45) is 5.92 Å². The predicted molar refractivity (Wildman–Crippen MR) is 97.4 cm³/mol. The van der Waals surface area contributed by atoms with Gasteiger partial charge in [-0.25, -0.2) is 0 Å². The third kappa shape index (κ3) is 5.23. The van der Waals surface area contributed by atoms with Gasteiger partial charge >= 0.3 is 0 Å². The SMILES string of the molecule is CCO[C@](C)(CC(C)C)C(=O)Nc1ccc(OC2CCCC2)cc1. The van der Waals surface area contributed by atoms with Gasteiger partial charge in [-0.2, -0.15) is 0 Å². The maximum absolute atomic E-state index is 12.7. The third-order valence-corrected chi connectivity index (χ3v) is 4.46. The molecule has 1 saturated carbocycles. The van der Waals surface area contributed by atoms with Gasteiger partial charge in [0.25, 0.3) is 5.91 Å². The number of anilines is 1. The van der Waals surface area contributed by atoms with Crippen LogP contribution >= 0.6 is 0 Å². The number of ether oxygens (including phenoxy) is 2. The summed E-state index contributed by atoms with van der Waals surface area (Å²) in [6, 6.07) is 7.64. The van der Waals surface area contributed by atoms with E-state index in [4.69, 9.17) is 9.47 Å². The van der Waals surface area contributed by atoms with Crippen LogP contribution in [0.5, 0.6) is 5.75 Å². The third-order valence-electron chi connectivity index (χ3n) is 4.46. The van der Waals surface area contributed by atoms with Crippen LogP contribution in [0.3, 0.4) is 0 Å². The van der Waals surface area contributed by atoms with E-state index in [1.807, 2.05) is 38.1 Å². The number of amides is 1. The Labute approximate surface area is 145 Å². The molecule has 0 aliphatic heterocycles. The molecule has 1 atom stereocenters.